The van der Waals surface area contributed by atoms with Crippen LogP contribution in [0.3, 0.4) is 0 Å². The first-order chi connectivity index (χ1) is 12.2. The van der Waals surface area contributed by atoms with Gasteiger partial charge in [0.15, 0.2) is 0 Å². The van der Waals surface area contributed by atoms with Gasteiger partial charge >= 0.3 is 5.97 Å². The number of carbonyl (C=O) groups excluding carboxylic acids is 1. The third-order valence-corrected chi connectivity index (χ3v) is 6.57. The molecular weight excluding hydrogens is 316 g/mol. The van der Waals surface area contributed by atoms with Gasteiger partial charge in [-0.15, -0.1) is 0 Å². The second-order valence-corrected chi connectivity index (χ2v) is 8.15. The molecule has 2 saturated carbocycles. The Hall–Kier alpha value is -1.13. The predicted octanol–water partition coefficient (Wildman–Crippen LogP) is 3.24. The standard InChI is InChI=1S/C11H16O3.C10H16O/c12-5-6-14-11(13)10-7-8-1-3-9(10)4-2-8;11-8-7-10-4-1-9(2-5-10)3-6-10/h1,3,8-10,12H,2,4-7H2;1,4,9,11H,2-3,5-8H2. The van der Waals surface area contributed by atoms with E-state index in [9.17, 15) is 4.79 Å². The van der Waals surface area contributed by atoms with Crippen LogP contribution in [0, 0.1) is 29.1 Å². The molecular formula is C21H32O4. The summed E-state index contributed by atoms with van der Waals surface area (Å²) in [5.41, 5.74) is 0.406. The van der Waals surface area contributed by atoms with Crippen molar-refractivity contribution in [3.63, 3.8) is 0 Å². The Bertz CT molecular complexity index is 502. The average molecular weight is 348 g/mol. The first-order valence-corrected chi connectivity index (χ1v) is 9.92. The van der Waals surface area contributed by atoms with E-state index in [1.807, 2.05) is 0 Å². The van der Waals surface area contributed by atoms with Crippen molar-refractivity contribution in [1.29, 1.82) is 0 Å². The number of hydrogen-bond donors (Lipinski definition) is 2. The lowest BCUT2D eigenvalue weighted by Crippen LogP contribution is -2.34. The molecule has 4 heteroatoms. The zero-order valence-electron chi connectivity index (χ0n) is 15.1. The highest BCUT2D eigenvalue weighted by Crippen LogP contribution is 2.47. The summed E-state index contributed by atoms with van der Waals surface area (Å²) < 4.78 is 4.96. The third kappa shape index (κ3) is 4.53. The van der Waals surface area contributed by atoms with Crippen molar-refractivity contribution in [2.75, 3.05) is 19.8 Å². The Morgan fingerprint density at radius 3 is 2.28 bits per heavy atom. The summed E-state index contributed by atoms with van der Waals surface area (Å²) in [4.78, 5) is 11.6. The van der Waals surface area contributed by atoms with E-state index in [1.165, 1.54) is 32.1 Å². The molecule has 0 amide bonds. The Balaban J connectivity index is 0.000000150. The van der Waals surface area contributed by atoms with Crippen molar-refractivity contribution in [3.8, 4) is 0 Å². The van der Waals surface area contributed by atoms with E-state index in [0.29, 0.717) is 23.9 Å². The van der Waals surface area contributed by atoms with Gasteiger partial charge in [0, 0.05) is 6.61 Å². The average Bonchev–Trinajstić information content (AvgIpc) is 2.69. The van der Waals surface area contributed by atoms with E-state index in [0.717, 1.165) is 25.2 Å². The van der Waals surface area contributed by atoms with Crippen molar-refractivity contribution in [3.05, 3.63) is 24.3 Å². The number of allylic oxidation sites excluding steroid dienone is 4. The number of ether oxygens (including phenoxy) is 1. The lowest BCUT2D eigenvalue weighted by Gasteiger charge is -2.41. The molecule has 2 fully saturated rings. The van der Waals surface area contributed by atoms with E-state index in [-0.39, 0.29) is 25.1 Å². The maximum Gasteiger partial charge on any atom is 0.309 e. The second kappa shape index (κ2) is 8.50. The molecule has 0 radical (unpaired) electrons. The molecule has 6 rings (SSSR count). The minimum atomic E-state index is -0.127. The summed E-state index contributed by atoms with van der Waals surface area (Å²) in [6.07, 6.45) is 18.7. The maximum absolute atomic E-state index is 11.6. The number of fused-ring (bicyclic) bond motifs is 4. The molecule has 6 aliphatic rings. The van der Waals surface area contributed by atoms with E-state index in [4.69, 9.17) is 14.9 Å². The van der Waals surface area contributed by atoms with Crippen molar-refractivity contribution >= 4 is 5.97 Å². The van der Waals surface area contributed by atoms with Gasteiger partial charge in [-0.3, -0.25) is 4.79 Å². The van der Waals surface area contributed by atoms with Crippen LogP contribution in [0.25, 0.3) is 0 Å². The van der Waals surface area contributed by atoms with Crippen LogP contribution in [0.1, 0.15) is 51.4 Å². The van der Waals surface area contributed by atoms with E-state index in [1.54, 1.807) is 0 Å². The molecule has 0 saturated heterocycles. The van der Waals surface area contributed by atoms with Gasteiger partial charge in [0.2, 0.25) is 0 Å². The lowest BCUT2D eigenvalue weighted by atomic mass is 9.64. The molecule has 0 aliphatic heterocycles. The van der Waals surface area contributed by atoms with Gasteiger partial charge < -0.3 is 14.9 Å². The number of aliphatic hydroxyl groups excluding tert-OH is 2. The van der Waals surface area contributed by atoms with E-state index in [2.05, 4.69) is 24.3 Å². The fourth-order valence-corrected chi connectivity index (χ4v) is 4.93. The first kappa shape index (κ1) is 18.7. The van der Waals surface area contributed by atoms with E-state index < -0.39 is 0 Å². The van der Waals surface area contributed by atoms with Gasteiger partial charge in [0.05, 0.1) is 12.5 Å². The minimum Gasteiger partial charge on any atom is -0.463 e. The zero-order chi connectivity index (χ0) is 17.7. The molecule has 0 spiro atoms. The number of carbonyl (C=O) groups is 1. The number of hydrogen-bond acceptors (Lipinski definition) is 4. The van der Waals surface area contributed by atoms with Crippen molar-refractivity contribution in [2.45, 2.75) is 51.4 Å². The summed E-state index contributed by atoms with van der Waals surface area (Å²) in [7, 11) is 0. The van der Waals surface area contributed by atoms with Crippen molar-refractivity contribution < 1.29 is 19.7 Å². The highest BCUT2D eigenvalue weighted by atomic mass is 16.5. The van der Waals surface area contributed by atoms with Crippen LogP contribution in [-0.4, -0.2) is 36.0 Å². The highest BCUT2D eigenvalue weighted by Gasteiger charge is 2.37. The van der Waals surface area contributed by atoms with Gasteiger partial charge in [-0.05, 0) is 74.5 Å². The number of aliphatic hydroxyl groups is 2. The summed E-state index contributed by atoms with van der Waals surface area (Å²) in [5, 5.41) is 17.5. The molecule has 0 aromatic heterocycles. The third-order valence-electron chi connectivity index (χ3n) is 6.57. The molecule has 3 unspecified atom stereocenters. The SMILES string of the molecule is O=C(OCCO)C1CC2C=CC1CC2.OCCC12C=CC(CC1)CC2. The van der Waals surface area contributed by atoms with Crippen molar-refractivity contribution in [2.24, 2.45) is 29.1 Å². The smallest absolute Gasteiger partial charge is 0.309 e. The van der Waals surface area contributed by atoms with Gasteiger partial charge in [-0.2, -0.15) is 0 Å². The van der Waals surface area contributed by atoms with Gasteiger partial charge in [0.1, 0.15) is 6.61 Å². The number of esters is 1. The van der Waals surface area contributed by atoms with Gasteiger partial charge in [0.25, 0.3) is 0 Å². The normalized spacial score (nSPS) is 37.5. The van der Waals surface area contributed by atoms with Gasteiger partial charge in [-0.1, -0.05) is 24.3 Å². The summed E-state index contributed by atoms with van der Waals surface area (Å²) in [6.45, 7) is 0.411. The largest absolute Gasteiger partial charge is 0.463 e. The molecule has 0 aromatic carbocycles. The van der Waals surface area contributed by atoms with Crippen LogP contribution in [0.5, 0.6) is 0 Å². The van der Waals surface area contributed by atoms with Crippen molar-refractivity contribution in [1.82, 2.24) is 0 Å². The maximum atomic E-state index is 11.6. The Morgan fingerprint density at radius 1 is 1.00 bits per heavy atom. The topological polar surface area (TPSA) is 66.8 Å². The van der Waals surface area contributed by atoms with Gasteiger partial charge in [-0.25, -0.2) is 0 Å². The molecule has 140 valence electrons. The summed E-state index contributed by atoms with van der Waals surface area (Å²) >= 11 is 0. The molecule has 4 bridgehead atoms. The Labute approximate surface area is 151 Å². The van der Waals surface area contributed by atoms with Crippen LogP contribution in [0.4, 0.5) is 0 Å². The zero-order valence-corrected chi connectivity index (χ0v) is 15.1. The molecule has 25 heavy (non-hydrogen) atoms. The summed E-state index contributed by atoms with van der Waals surface area (Å²) in [6, 6.07) is 0. The Kier molecular flexibility index (Phi) is 6.34. The van der Waals surface area contributed by atoms with Crippen LogP contribution in [0.15, 0.2) is 24.3 Å². The van der Waals surface area contributed by atoms with Crippen LogP contribution >= 0.6 is 0 Å². The fraction of sp³-hybridized carbons (Fsp3) is 0.762. The molecule has 0 heterocycles. The molecule has 4 nitrogen and oxygen atoms in total. The fourth-order valence-electron chi connectivity index (χ4n) is 4.93. The number of rotatable bonds is 5. The molecule has 2 N–H and O–H groups in total. The molecule has 0 aromatic rings. The first-order valence-electron chi connectivity index (χ1n) is 9.92. The Morgan fingerprint density at radius 2 is 1.80 bits per heavy atom. The molecule has 6 aliphatic carbocycles. The predicted molar refractivity (Wildman–Crippen MR) is 96.7 cm³/mol. The molecule has 3 atom stereocenters. The highest BCUT2D eigenvalue weighted by molar-refractivity contribution is 5.73. The van der Waals surface area contributed by atoms with Crippen LogP contribution in [0.2, 0.25) is 0 Å². The quantitative estimate of drug-likeness (QED) is 0.591. The van der Waals surface area contributed by atoms with Crippen LogP contribution < -0.4 is 0 Å². The van der Waals surface area contributed by atoms with Crippen LogP contribution in [-0.2, 0) is 9.53 Å². The summed E-state index contributed by atoms with van der Waals surface area (Å²) in [5.74, 6) is 1.75. The second-order valence-electron chi connectivity index (χ2n) is 8.15. The lowest BCUT2D eigenvalue weighted by molar-refractivity contribution is -0.152. The monoisotopic (exact) mass is 348 g/mol. The minimum absolute atomic E-state index is 0.0466. The van der Waals surface area contributed by atoms with E-state index >= 15 is 0 Å².